The van der Waals surface area contributed by atoms with Gasteiger partial charge in [-0.15, -0.1) is 0 Å². The number of aliphatic carboxylic acids is 1. The molecule has 278 valence electrons. The number of esters is 1. The number of nitrogens with one attached hydrogen (secondary N) is 2. The van der Waals surface area contributed by atoms with Crippen LogP contribution in [0.5, 0.6) is 0 Å². The second-order valence-corrected chi connectivity index (χ2v) is 13.0. The molecule has 0 aliphatic carbocycles. The molecule has 9 heteroatoms. The van der Waals surface area contributed by atoms with Crippen LogP contribution >= 0.6 is 0 Å². The number of hydrogen-bond acceptors (Lipinski definition) is 6. The van der Waals surface area contributed by atoms with Crippen molar-refractivity contribution in [1.29, 1.82) is 0 Å². The fourth-order valence-corrected chi connectivity index (χ4v) is 5.45. The highest BCUT2D eigenvalue weighted by Gasteiger charge is 2.19. The number of aliphatic hydroxyl groups excluding tert-OH is 1. The number of rotatable bonds is 34. The highest BCUT2D eigenvalue weighted by atomic mass is 16.5. The minimum atomic E-state index is -1.38. The largest absolute Gasteiger partial charge is 0.480 e. The third kappa shape index (κ3) is 30.6. The standard InChI is InChI=1S/C39H70N2O7/c1-3-5-7-9-10-11-12-13-14-15-16-17-18-19-20-21-27-31-38(45)48-34(28-24-8-6-4-2)29-25-22-23-26-30-36(43)40-32-37(44)41-35(33-42)39(46)47/h10-11,13-14,34-35,42H,3-9,12,15-33H2,1-2H3,(H,40,43)(H,41,44)(H,46,47)/b11-10-,14-13-. The topological polar surface area (TPSA) is 142 Å². The number of aliphatic hydroxyl groups is 1. The first kappa shape index (κ1) is 45.3. The quantitative estimate of drug-likeness (QED) is 0.0304. The average Bonchev–Trinajstić information content (AvgIpc) is 3.07. The molecule has 0 rings (SSSR count). The lowest BCUT2D eigenvalue weighted by atomic mass is 10.0. The van der Waals surface area contributed by atoms with Gasteiger partial charge in [0.25, 0.3) is 0 Å². The monoisotopic (exact) mass is 679 g/mol. The predicted octanol–water partition coefficient (Wildman–Crippen LogP) is 8.48. The van der Waals surface area contributed by atoms with Crippen LogP contribution in [0.25, 0.3) is 0 Å². The van der Waals surface area contributed by atoms with E-state index in [1.807, 2.05) is 0 Å². The number of hydrogen-bond donors (Lipinski definition) is 4. The molecule has 9 nitrogen and oxygen atoms in total. The fourth-order valence-electron chi connectivity index (χ4n) is 5.45. The Hall–Kier alpha value is -2.68. The summed E-state index contributed by atoms with van der Waals surface area (Å²) in [4.78, 5) is 47.2. The maximum atomic E-state index is 12.6. The molecule has 0 radical (unpaired) electrons. The molecule has 0 fully saturated rings. The molecule has 0 aliphatic rings. The van der Waals surface area contributed by atoms with Gasteiger partial charge >= 0.3 is 11.9 Å². The highest BCUT2D eigenvalue weighted by molar-refractivity contribution is 5.87. The molecule has 0 aromatic carbocycles. The van der Waals surface area contributed by atoms with Crippen LogP contribution in [0, 0.1) is 0 Å². The summed E-state index contributed by atoms with van der Waals surface area (Å²) in [7, 11) is 0. The van der Waals surface area contributed by atoms with Gasteiger partial charge in [0, 0.05) is 12.8 Å². The molecule has 48 heavy (non-hydrogen) atoms. The van der Waals surface area contributed by atoms with E-state index in [1.165, 1.54) is 77.0 Å². The van der Waals surface area contributed by atoms with Gasteiger partial charge in [-0.3, -0.25) is 14.4 Å². The minimum Gasteiger partial charge on any atom is -0.480 e. The van der Waals surface area contributed by atoms with Crippen LogP contribution in [-0.2, 0) is 23.9 Å². The van der Waals surface area contributed by atoms with E-state index in [2.05, 4.69) is 48.8 Å². The van der Waals surface area contributed by atoms with Crippen molar-refractivity contribution < 1.29 is 34.1 Å². The van der Waals surface area contributed by atoms with Crippen molar-refractivity contribution in [1.82, 2.24) is 10.6 Å². The number of allylic oxidation sites excluding steroid dienone is 4. The van der Waals surface area contributed by atoms with Crippen LogP contribution in [0.2, 0.25) is 0 Å². The van der Waals surface area contributed by atoms with E-state index in [9.17, 15) is 19.2 Å². The lowest BCUT2D eigenvalue weighted by Crippen LogP contribution is -2.47. The zero-order chi connectivity index (χ0) is 35.5. The number of carbonyl (C=O) groups excluding carboxylic acids is 3. The number of unbranched alkanes of at least 4 members (excludes halogenated alkanes) is 16. The third-order valence-corrected chi connectivity index (χ3v) is 8.45. The van der Waals surface area contributed by atoms with Crippen molar-refractivity contribution in [3.63, 3.8) is 0 Å². The van der Waals surface area contributed by atoms with Gasteiger partial charge in [-0.05, 0) is 70.6 Å². The molecule has 0 saturated carbocycles. The van der Waals surface area contributed by atoms with Crippen molar-refractivity contribution >= 4 is 23.8 Å². The van der Waals surface area contributed by atoms with E-state index < -0.39 is 24.5 Å². The van der Waals surface area contributed by atoms with Gasteiger partial charge in [0.05, 0.1) is 13.2 Å². The lowest BCUT2D eigenvalue weighted by molar-refractivity contribution is -0.150. The average molecular weight is 679 g/mol. The Balaban J connectivity index is 4.02. The fraction of sp³-hybridized carbons (Fsp3) is 0.795. The Morgan fingerprint density at radius 3 is 1.71 bits per heavy atom. The maximum absolute atomic E-state index is 12.6. The summed E-state index contributed by atoms with van der Waals surface area (Å²) in [5.74, 6) is -2.35. The number of carboxylic acids is 1. The minimum absolute atomic E-state index is 0.0411. The molecule has 0 aromatic rings. The second kappa shape index (κ2) is 34.2. The maximum Gasteiger partial charge on any atom is 0.328 e. The SMILES string of the molecule is CCCCC/C=C\C/C=C\CCCCCCCCCC(=O)OC(CCCCCC)CCCCCCC(=O)NCC(=O)NC(CO)C(=O)O. The van der Waals surface area contributed by atoms with E-state index in [1.54, 1.807) is 0 Å². The first-order valence-corrected chi connectivity index (χ1v) is 19.2. The molecule has 2 unspecified atom stereocenters. The Bertz CT molecular complexity index is 874. The third-order valence-electron chi connectivity index (χ3n) is 8.45. The Morgan fingerprint density at radius 1 is 0.625 bits per heavy atom. The zero-order valence-corrected chi connectivity index (χ0v) is 30.5. The lowest BCUT2D eigenvalue weighted by Gasteiger charge is -2.18. The first-order valence-electron chi connectivity index (χ1n) is 19.2. The summed E-state index contributed by atoms with van der Waals surface area (Å²) in [6.07, 6.45) is 35.1. The zero-order valence-electron chi connectivity index (χ0n) is 30.5. The second-order valence-electron chi connectivity index (χ2n) is 13.0. The van der Waals surface area contributed by atoms with E-state index in [4.69, 9.17) is 14.9 Å². The summed E-state index contributed by atoms with van der Waals surface area (Å²) in [5.41, 5.74) is 0. The molecule has 0 aromatic heterocycles. The van der Waals surface area contributed by atoms with Crippen LogP contribution in [0.1, 0.15) is 174 Å². The van der Waals surface area contributed by atoms with Gasteiger partial charge in [-0.2, -0.15) is 0 Å². The summed E-state index contributed by atoms with van der Waals surface area (Å²) in [6.45, 7) is 3.38. The van der Waals surface area contributed by atoms with Crippen LogP contribution in [0.4, 0.5) is 0 Å². The van der Waals surface area contributed by atoms with E-state index >= 15 is 0 Å². The number of carboxylic acid groups (broad SMARTS) is 1. The molecule has 0 aliphatic heterocycles. The van der Waals surface area contributed by atoms with Crippen LogP contribution < -0.4 is 10.6 Å². The highest BCUT2D eigenvalue weighted by Crippen LogP contribution is 2.18. The smallest absolute Gasteiger partial charge is 0.328 e. The van der Waals surface area contributed by atoms with E-state index in [0.29, 0.717) is 12.8 Å². The van der Waals surface area contributed by atoms with Crippen molar-refractivity contribution in [2.24, 2.45) is 0 Å². The normalized spacial score (nSPS) is 12.7. The van der Waals surface area contributed by atoms with Crippen LogP contribution in [0.3, 0.4) is 0 Å². The number of amides is 2. The Morgan fingerprint density at radius 2 is 1.12 bits per heavy atom. The summed E-state index contributed by atoms with van der Waals surface area (Å²) in [6, 6.07) is -1.38. The summed E-state index contributed by atoms with van der Waals surface area (Å²) >= 11 is 0. The number of ether oxygens (including phenoxy) is 1. The molecule has 0 bridgehead atoms. The van der Waals surface area contributed by atoms with Gasteiger partial charge in [-0.1, -0.05) is 115 Å². The van der Waals surface area contributed by atoms with Gasteiger partial charge in [0.2, 0.25) is 11.8 Å². The van der Waals surface area contributed by atoms with Crippen LogP contribution in [0.15, 0.2) is 24.3 Å². The molecule has 0 heterocycles. The summed E-state index contributed by atoms with van der Waals surface area (Å²) < 4.78 is 5.91. The van der Waals surface area contributed by atoms with Gasteiger partial charge < -0.3 is 25.6 Å². The van der Waals surface area contributed by atoms with E-state index in [-0.39, 0.29) is 30.9 Å². The molecule has 0 spiro atoms. The molecular weight excluding hydrogens is 608 g/mol. The number of carbonyl (C=O) groups is 4. The summed E-state index contributed by atoms with van der Waals surface area (Å²) in [5, 5.41) is 22.4. The van der Waals surface area contributed by atoms with Crippen LogP contribution in [-0.4, -0.2) is 59.3 Å². The van der Waals surface area contributed by atoms with Crippen molar-refractivity contribution in [2.75, 3.05) is 13.2 Å². The van der Waals surface area contributed by atoms with Gasteiger partial charge in [-0.25, -0.2) is 4.79 Å². The molecule has 2 atom stereocenters. The van der Waals surface area contributed by atoms with Gasteiger partial charge in [0.15, 0.2) is 0 Å². The van der Waals surface area contributed by atoms with E-state index in [0.717, 1.165) is 64.2 Å². The van der Waals surface area contributed by atoms with Crippen molar-refractivity contribution in [2.45, 2.75) is 187 Å². The van der Waals surface area contributed by atoms with Gasteiger partial charge in [0.1, 0.15) is 12.1 Å². The first-order chi connectivity index (χ1) is 23.3. The van der Waals surface area contributed by atoms with Crippen molar-refractivity contribution in [3.05, 3.63) is 24.3 Å². The van der Waals surface area contributed by atoms with Crippen molar-refractivity contribution in [3.8, 4) is 0 Å². The Kier molecular flexibility index (Phi) is 32.3. The molecule has 2 amide bonds. The molecule has 4 N–H and O–H groups in total. The molecular formula is C39H70N2O7. The Labute approximate surface area is 292 Å². The predicted molar refractivity (Wildman–Crippen MR) is 195 cm³/mol. The molecule has 0 saturated heterocycles.